The Kier molecular flexibility index (Phi) is 6.66. The maximum Gasteiger partial charge on any atom is 0.0575 e. The fraction of sp³-hybridized carbons (Fsp3) is 0.375. The molecule has 0 rings (SSSR count). The van der Waals surface area contributed by atoms with Crippen molar-refractivity contribution < 1.29 is 4.74 Å². The molecule has 0 aromatic heterocycles. The van der Waals surface area contributed by atoms with E-state index in [4.69, 9.17) is 11.2 Å². The zero-order valence-electron chi connectivity index (χ0n) is 5.47. The number of hydrogen-bond donors (Lipinski definition) is 0. The summed E-state index contributed by atoms with van der Waals surface area (Å²) >= 11 is 0. The lowest BCUT2D eigenvalue weighted by Crippen LogP contribution is -1.94. The summed E-state index contributed by atoms with van der Waals surface area (Å²) in [6, 6.07) is 0. The second kappa shape index (κ2) is 7.26. The van der Waals surface area contributed by atoms with E-state index in [9.17, 15) is 0 Å². The molecule has 0 saturated heterocycles. The van der Waals surface area contributed by atoms with Crippen molar-refractivity contribution in [2.45, 2.75) is 6.42 Å². The molecule has 0 saturated carbocycles. The molecule has 0 aliphatic carbocycles. The minimum atomic E-state index is 0.616. The second-order valence-corrected chi connectivity index (χ2v) is 1.50. The monoisotopic (exact) mass is 123 g/mol. The third-order valence-electron chi connectivity index (χ3n) is 0.771. The normalized spacial score (nSPS) is 8.33. The second-order valence-electron chi connectivity index (χ2n) is 1.50. The average molecular weight is 123 g/mol. The fourth-order valence-corrected chi connectivity index (χ4v) is 0.351. The molecule has 1 nitrogen and oxygen atoms in total. The Bertz CT molecular complexity index is 99.6. The van der Waals surface area contributed by atoms with Crippen molar-refractivity contribution >= 4 is 0 Å². The van der Waals surface area contributed by atoms with E-state index in [1.54, 1.807) is 6.08 Å². The summed E-state index contributed by atoms with van der Waals surface area (Å²) in [5, 5.41) is 0. The first kappa shape index (κ1) is 8.26. The standard InChI is InChI=1S/C8H11O/c1-3-5-7-9-8-6-4-2/h1,4,6H,2,5,7-8H2. The topological polar surface area (TPSA) is 9.23 Å². The summed E-state index contributed by atoms with van der Waals surface area (Å²) in [4.78, 5) is 0. The van der Waals surface area contributed by atoms with Gasteiger partial charge in [0, 0.05) is 12.8 Å². The van der Waals surface area contributed by atoms with Gasteiger partial charge in [-0.05, 0) is 0 Å². The van der Waals surface area contributed by atoms with Crippen LogP contribution in [-0.2, 0) is 4.74 Å². The van der Waals surface area contributed by atoms with E-state index in [0.717, 1.165) is 0 Å². The van der Waals surface area contributed by atoms with Gasteiger partial charge < -0.3 is 4.74 Å². The van der Waals surface area contributed by atoms with E-state index in [0.29, 0.717) is 19.6 Å². The van der Waals surface area contributed by atoms with E-state index in [1.165, 1.54) is 0 Å². The Hall–Kier alpha value is -0.740. The lowest BCUT2D eigenvalue weighted by atomic mass is 10.4. The molecule has 0 unspecified atom stereocenters. The summed E-state index contributed by atoms with van der Waals surface area (Å²) in [7, 11) is 0. The van der Waals surface area contributed by atoms with Crippen molar-refractivity contribution in [2.24, 2.45) is 0 Å². The van der Waals surface area contributed by atoms with Crippen LogP contribution in [0.4, 0.5) is 0 Å². The van der Waals surface area contributed by atoms with Crippen LogP contribution in [0.5, 0.6) is 0 Å². The predicted octanol–water partition coefficient (Wildman–Crippen LogP) is 1.42. The van der Waals surface area contributed by atoms with Gasteiger partial charge in [0.1, 0.15) is 0 Å². The van der Waals surface area contributed by atoms with Gasteiger partial charge in [-0.2, -0.15) is 0 Å². The van der Waals surface area contributed by atoms with Crippen molar-refractivity contribution in [1.82, 2.24) is 0 Å². The van der Waals surface area contributed by atoms with Crippen LogP contribution in [0.1, 0.15) is 6.42 Å². The Morgan fingerprint density at radius 3 is 3.00 bits per heavy atom. The Balaban J connectivity index is 2.76. The van der Waals surface area contributed by atoms with Gasteiger partial charge in [-0.3, -0.25) is 0 Å². The van der Waals surface area contributed by atoms with Crippen LogP contribution in [0.2, 0.25) is 0 Å². The molecule has 0 aliphatic rings. The molecule has 1 radical (unpaired) electrons. The van der Waals surface area contributed by atoms with Gasteiger partial charge in [0.05, 0.1) is 13.2 Å². The van der Waals surface area contributed by atoms with E-state index in [2.05, 4.69) is 12.5 Å². The van der Waals surface area contributed by atoms with E-state index in [1.807, 2.05) is 6.42 Å². The molecule has 0 fully saturated rings. The maximum atomic E-state index is 5.05. The molecular weight excluding hydrogens is 112 g/mol. The first-order valence-corrected chi connectivity index (χ1v) is 2.87. The third kappa shape index (κ3) is 7.26. The minimum Gasteiger partial charge on any atom is -0.380 e. The molecule has 0 N–H and O–H groups in total. The van der Waals surface area contributed by atoms with Crippen molar-refractivity contribution in [3.63, 3.8) is 0 Å². The molecular formula is C8H11O. The van der Waals surface area contributed by atoms with Crippen molar-refractivity contribution in [3.8, 4) is 12.3 Å². The molecule has 0 aromatic carbocycles. The fourth-order valence-electron chi connectivity index (χ4n) is 0.351. The summed E-state index contributed by atoms with van der Waals surface area (Å²) in [6.45, 7) is 4.76. The molecule has 49 valence electrons. The van der Waals surface area contributed by atoms with Gasteiger partial charge in [-0.1, -0.05) is 6.08 Å². The summed E-state index contributed by atoms with van der Waals surface area (Å²) in [5.41, 5.74) is 0. The van der Waals surface area contributed by atoms with E-state index < -0.39 is 0 Å². The zero-order chi connectivity index (χ0) is 6.95. The van der Waals surface area contributed by atoms with E-state index in [-0.39, 0.29) is 0 Å². The van der Waals surface area contributed by atoms with Gasteiger partial charge in [0.15, 0.2) is 0 Å². The van der Waals surface area contributed by atoms with Gasteiger partial charge in [-0.15, -0.1) is 18.9 Å². The molecule has 1 heteroatoms. The van der Waals surface area contributed by atoms with Crippen LogP contribution >= 0.6 is 0 Å². The number of rotatable bonds is 5. The number of hydrogen-bond acceptors (Lipinski definition) is 1. The van der Waals surface area contributed by atoms with Crippen molar-refractivity contribution in [1.29, 1.82) is 0 Å². The third-order valence-corrected chi connectivity index (χ3v) is 0.771. The van der Waals surface area contributed by atoms with Crippen LogP contribution in [0, 0.1) is 18.8 Å². The molecule has 0 aliphatic heterocycles. The Morgan fingerprint density at radius 2 is 2.44 bits per heavy atom. The number of terminal acetylenes is 1. The molecule has 0 heterocycles. The van der Waals surface area contributed by atoms with Gasteiger partial charge in [-0.25, -0.2) is 0 Å². The first-order chi connectivity index (χ1) is 4.41. The summed E-state index contributed by atoms with van der Waals surface area (Å²) < 4.78 is 5.05. The lowest BCUT2D eigenvalue weighted by molar-refractivity contribution is 0.163. The Labute approximate surface area is 56.7 Å². The van der Waals surface area contributed by atoms with Gasteiger partial charge >= 0.3 is 0 Å². The Morgan fingerprint density at radius 1 is 1.67 bits per heavy atom. The van der Waals surface area contributed by atoms with Crippen LogP contribution < -0.4 is 0 Å². The van der Waals surface area contributed by atoms with E-state index >= 15 is 0 Å². The largest absolute Gasteiger partial charge is 0.380 e. The predicted molar refractivity (Wildman–Crippen MR) is 38.8 cm³/mol. The maximum absolute atomic E-state index is 5.05. The molecule has 0 amide bonds. The quantitative estimate of drug-likeness (QED) is 0.397. The minimum absolute atomic E-state index is 0.616. The zero-order valence-corrected chi connectivity index (χ0v) is 5.47. The SMILES string of the molecule is C#CCCOC[CH]C=C. The molecule has 0 atom stereocenters. The number of ether oxygens (including phenoxy) is 1. The smallest absolute Gasteiger partial charge is 0.0575 e. The first-order valence-electron chi connectivity index (χ1n) is 2.87. The lowest BCUT2D eigenvalue weighted by Gasteiger charge is -1.95. The highest BCUT2D eigenvalue weighted by molar-refractivity contribution is 4.86. The van der Waals surface area contributed by atoms with Gasteiger partial charge in [0.2, 0.25) is 0 Å². The van der Waals surface area contributed by atoms with Crippen LogP contribution in [0.3, 0.4) is 0 Å². The van der Waals surface area contributed by atoms with Crippen molar-refractivity contribution in [3.05, 3.63) is 19.1 Å². The highest BCUT2D eigenvalue weighted by Crippen LogP contribution is 1.83. The molecule has 0 aromatic rings. The summed E-state index contributed by atoms with van der Waals surface area (Å²) in [5.74, 6) is 2.48. The van der Waals surface area contributed by atoms with Gasteiger partial charge in [0.25, 0.3) is 0 Å². The molecule has 0 spiro atoms. The highest BCUT2D eigenvalue weighted by Gasteiger charge is 1.81. The van der Waals surface area contributed by atoms with Crippen LogP contribution in [0.15, 0.2) is 12.7 Å². The average Bonchev–Trinajstić information content (AvgIpc) is 1.89. The van der Waals surface area contributed by atoms with Crippen molar-refractivity contribution in [2.75, 3.05) is 13.2 Å². The van der Waals surface area contributed by atoms with Crippen LogP contribution in [-0.4, -0.2) is 13.2 Å². The summed E-state index contributed by atoms with van der Waals surface area (Å²) in [6.07, 6.45) is 9.22. The highest BCUT2D eigenvalue weighted by atomic mass is 16.5. The van der Waals surface area contributed by atoms with Crippen LogP contribution in [0.25, 0.3) is 0 Å². The molecule has 9 heavy (non-hydrogen) atoms. The molecule has 0 bridgehead atoms.